The Kier molecular flexibility index (Phi) is 3.30. The van der Waals surface area contributed by atoms with Gasteiger partial charge in [0.1, 0.15) is 5.60 Å². The number of rotatable bonds is 3. The second-order valence-corrected chi connectivity index (χ2v) is 4.82. The minimum Gasteiger partial charge on any atom is -0.382 e. The standard InChI is InChI=1S/C16H16O2/c1-16(2,18)15(17)11-10-13-8-5-7-12-6-3-4-9-14(12)13/h3-11,18H,1-2H3. The molecule has 0 aromatic heterocycles. The average molecular weight is 240 g/mol. The lowest BCUT2D eigenvalue weighted by Gasteiger charge is -2.12. The Bertz CT molecular complexity index is 599. The summed E-state index contributed by atoms with van der Waals surface area (Å²) in [7, 11) is 0. The Morgan fingerprint density at radius 2 is 1.78 bits per heavy atom. The summed E-state index contributed by atoms with van der Waals surface area (Å²) >= 11 is 0. The number of ketones is 1. The molecule has 0 aliphatic rings. The van der Waals surface area contributed by atoms with Gasteiger partial charge in [0.05, 0.1) is 0 Å². The SMILES string of the molecule is CC(C)(O)C(=O)C=Cc1cccc2ccccc12. The molecule has 0 saturated carbocycles. The fourth-order valence-electron chi connectivity index (χ4n) is 1.77. The second kappa shape index (κ2) is 4.75. The Morgan fingerprint density at radius 3 is 2.50 bits per heavy atom. The van der Waals surface area contributed by atoms with Gasteiger partial charge >= 0.3 is 0 Å². The highest BCUT2D eigenvalue weighted by Crippen LogP contribution is 2.20. The average Bonchev–Trinajstić information content (AvgIpc) is 2.34. The molecule has 0 aliphatic carbocycles. The fraction of sp³-hybridized carbons (Fsp3) is 0.188. The van der Waals surface area contributed by atoms with Gasteiger partial charge in [-0.1, -0.05) is 48.5 Å². The van der Waals surface area contributed by atoms with Crippen molar-refractivity contribution < 1.29 is 9.90 Å². The van der Waals surface area contributed by atoms with Crippen LogP contribution >= 0.6 is 0 Å². The molecule has 2 heteroatoms. The third kappa shape index (κ3) is 2.66. The summed E-state index contributed by atoms with van der Waals surface area (Å²) in [6.07, 6.45) is 3.18. The largest absolute Gasteiger partial charge is 0.382 e. The van der Waals surface area contributed by atoms with E-state index in [4.69, 9.17) is 0 Å². The van der Waals surface area contributed by atoms with E-state index in [-0.39, 0.29) is 5.78 Å². The quantitative estimate of drug-likeness (QED) is 0.836. The number of aliphatic hydroxyl groups is 1. The molecule has 0 saturated heterocycles. The predicted molar refractivity (Wildman–Crippen MR) is 74.3 cm³/mol. The second-order valence-electron chi connectivity index (χ2n) is 4.82. The summed E-state index contributed by atoms with van der Waals surface area (Å²) in [5.74, 6) is -0.296. The van der Waals surface area contributed by atoms with Crippen LogP contribution in [0.4, 0.5) is 0 Å². The lowest BCUT2D eigenvalue weighted by molar-refractivity contribution is -0.128. The third-order valence-electron chi connectivity index (χ3n) is 2.84. The molecule has 0 atom stereocenters. The van der Waals surface area contributed by atoms with Crippen LogP contribution in [0.2, 0.25) is 0 Å². The van der Waals surface area contributed by atoms with Crippen LogP contribution in [-0.4, -0.2) is 16.5 Å². The van der Waals surface area contributed by atoms with Crippen LogP contribution in [0.15, 0.2) is 48.5 Å². The number of hydrogen-bond donors (Lipinski definition) is 1. The maximum Gasteiger partial charge on any atom is 0.186 e. The van der Waals surface area contributed by atoms with Gasteiger partial charge in [0.2, 0.25) is 0 Å². The van der Waals surface area contributed by atoms with Crippen molar-refractivity contribution in [3.05, 3.63) is 54.1 Å². The van der Waals surface area contributed by atoms with Gasteiger partial charge in [-0.05, 0) is 36.3 Å². The highest BCUT2D eigenvalue weighted by molar-refractivity contribution is 6.01. The minimum atomic E-state index is -1.32. The van der Waals surface area contributed by atoms with Crippen molar-refractivity contribution in [2.45, 2.75) is 19.4 Å². The van der Waals surface area contributed by atoms with Crippen molar-refractivity contribution in [3.8, 4) is 0 Å². The molecule has 2 rings (SSSR count). The van der Waals surface area contributed by atoms with Crippen LogP contribution in [0.3, 0.4) is 0 Å². The first-order valence-corrected chi connectivity index (χ1v) is 5.91. The summed E-state index contributed by atoms with van der Waals surface area (Å²) in [5.41, 5.74) is -0.341. The molecule has 0 unspecified atom stereocenters. The minimum absolute atomic E-state index is 0.296. The van der Waals surface area contributed by atoms with E-state index >= 15 is 0 Å². The zero-order chi connectivity index (χ0) is 13.2. The van der Waals surface area contributed by atoms with Gasteiger partial charge in [0.25, 0.3) is 0 Å². The van der Waals surface area contributed by atoms with Crippen LogP contribution < -0.4 is 0 Å². The van der Waals surface area contributed by atoms with Crippen molar-refractivity contribution in [3.63, 3.8) is 0 Å². The zero-order valence-corrected chi connectivity index (χ0v) is 10.6. The molecule has 2 aromatic carbocycles. The van der Waals surface area contributed by atoms with Crippen molar-refractivity contribution >= 4 is 22.6 Å². The highest BCUT2D eigenvalue weighted by atomic mass is 16.3. The molecule has 0 aliphatic heterocycles. The normalized spacial score (nSPS) is 12.2. The van der Waals surface area contributed by atoms with Crippen LogP contribution in [0, 0.1) is 0 Å². The zero-order valence-electron chi connectivity index (χ0n) is 10.6. The van der Waals surface area contributed by atoms with Crippen molar-refractivity contribution in [1.29, 1.82) is 0 Å². The van der Waals surface area contributed by atoms with E-state index < -0.39 is 5.60 Å². The van der Waals surface area contributed by atoms with Gasteiger partial charge in [-0.2, -0.15) is 0 Å². The summed E-state index contributed by atoms with van der Waals surface area (Å²) in [6, 6.07) is 13.9. The van der Waals surface area contributed by atoms with Crippen LogP contribution in [0.1, 0.15) is 19.4 Å². The van der Waals surface area contributed by atoms with Crippen molar-refractivity contribution in [2.24, 2.45) is 0 Å². The van der Waals surface area contributed by atoms with Gasteiger partial charge in [-0.25, -0.2) is 0 Å². The lowest BCUT2D eigenvalue weighted by Crippen LogP contribution is -2.29. The van der Waals surface area contributed by atoms with E-state index in [1.807, 2.05) is 42.5 Å². The molecule has 0 spiro atoms. The fourth-order valence-corrected chi connectivity index (χ4v) is 1.77. The molecular formula is C16H16O2. The molecule has 0 amide bonds. The number of carbonyl (C=O) groups is 1. The Morgan fingerprint density at radius 1 is 1.11 bits per heavy atom. The molecule has 18 heavy (non-hydrogen) atoms. The van der Waals surface area contributed by atoms with Crippen LogP contribution in [0.25, 0.3) is 16.8 Å². The molecule has 2 nitrogen and oxygen atoms in total. The molecule has 92 valence electrons. The van der Waals surface area contributed by atoms with Crippen LogP contribution in [0.5, 0.6) is 0 Å². The first kappa shape index (κ1) is 12.5. The summed E-state index contributed by atoms with van der Waals surface area (Å²) < 4.78 is 0. The van der Waals surface area contributed by atoms with Gasteiger partial charge in [0.15, 0.2) is 5.78 Å². The molecule has 1 N–H and O–H groups in total. The van der Waals surface area contributed by atoms with E-state index in [0.717, 1.165) is 16.3 Å². The smallest absolute Gasteiger partial charge is 0.186 e. The Labute approximate surface area is 107 Å². The Hall–Kier alpha value is -1.93. The molecule has 0 bridgehead atoms. The molecule has 2 aromatic rings. The molecule has 0 heterocycles. The molecular weight excluding hydrogens is 224 g/mol. The maximum atomic E-state index is 11.6. The van der Waals surface area contributed by atoms with E-state index in [1.54, 1.807) is 6.08 Å². The lowest BCUT2D eigenvalue weighted by atomic mass is 10.0. The highest BCUT2D eigenvalue weighted by Gasteiger charge is 2.20. The number of carbonyl (C=O) groups excluding carboxylic acids is 1. The van der Waals surface area contributed by atoms with Gasteiger partial charge in [-0.15, -0.1) is 0 Å². The summed E-state index contributed by atoms with van der Waals surface area (Å²) in [4.78, 5) is 11.6. The van der Waals surface area contributed by atoms with Gasteiger partial charge < -0.3 is 5.11 Å². The topological polar surface area (TPSA) is 37.3 Å². The predicted octanol–water partition coefficient (Wildman–Crippen LogP) is 3.19. The first-order chi connectivity index (χ1) is 8.48. The van der Waals surface area contributed by atoms with Crippen molar-refractivity contribution in [2.75, 3.05) is 0 Å². The van der Waals surface area contributed by atoms with E-state index in [2.05, 4.69) is 0 Å². The van der Waals surface area contributed by atoms with E-state index in [1.165, 1.54) is 19.9 Å². The number of fused-ring (bicyclic) bond motifs is 1. The molecule has 0 radical (unpaired) electrons. The number of hydrogen-bond acceptors (Lipinski definition) is 2. The van der Waals surface area contributed by atoms with Crippen LogP contribution in [-0.2, 0) is 4.79 Å². The third-order valence-corrected chi connectivity index (χ3v) is 2.84. The monoisotopic (exact) mass is 240 g/mol. The summed E-state index contributed by atoms with van der Waals surface area (Å²) in [6.45, 7) is 2.98. The molecule has 0 fully saturated rings. The van der Waals surface area contributed by atoms with Crippen molar-refractivity contribution in [1.82, 2.24) is 0 Å². The van der Waals surface area contributed by atoms with Gasteiger partial charge in [-0.3, -0.25) is 4.79 Å². The maximum absolute atomic E-state index is 11.6. The van der Waals surface area contributed by atoms with E-state index in [0.29, 0.717) is 0 Å². The van der Waals surface area contributed by atoms with E-state index in [9.17, 15) is 9.90 Å². The first-order valence-electron chi connectivity index (χ1n) is 5.91. The number of benzene rings is 2. The van der Waals surface area contributed by atoms with Gasteiger partial charge in [0, 0.05) is 0 Å². The Balaban J connectivity index is 2.38. The summed E-state index contributed by atoms with van der Waals surface area (Å²) in [5, 5.41) is 11.8.